The third kappa shape index (κ3) is 5.16. The second-order valence-corrected chi connectivity index (χ2v) is 6.12. The second kappa shape index (κ2) is 8.81. The van der Waals surface area contributed by atoms with Gasteiger partial charge in [0, 0.05) is 12.6 Å². The molecule has 1 heterocycles. The zero-order chi connectivity index (χ0) is 19.9. The maximum atomic E-state index is 12.3. The number of benzene rings is 2. The van der Waals surface area contributed by atoms with Crippen molar-refractivity contribution in [3.63, 3.8) is 0 Å². The molecule has 3 rings (SSSR count). The van der Waals surface area contributed by atoms with Crippen molar-refractivity contribution in [1.82, 2.24) is 15.5 Å². The summed E-state index contributed by atoms with van der Waals surface area (Å²) in [6, 6.07) is 16.2. The Labute approximate surface area is 161 Å². The molecule has 0 saturated carbocycles. The second-order valence-electron chi connectivity index (χ2n) is 6.12. The molecule has 28 heavy (non-hydrogen) atoms. The number of nitrogens with zero attached hydrogens (tertiary/aromatic N) is 2. The zero-order valence-corrected chi connectivity index (χ0v) is 15.5. The molecule has 0 radical (unpaired) electrons. The van der Waals surface area contributed by atoms with Gasteiger partial charge in [0.25, 0.3) is 0 Å². The molecule has 0 spiro atoms. The molecule has 2 amide bonds. The van der Waals surface area contributed by atoms with Crippen LogP contribution in [-0.4, -0.2) is 22.0 Å². The number of aromatic nitrogens is 2. The first-order valence-corrected chi connectivity index (χ1v) is 8.70. The molecule has 2 N–H and O–H groups in total. The molecule has 8 heteroatoms. The van der Waals surface area contributed by atoms with Crippen LogP contribution in [0.1, 0.15) is 42.0 Å². The van der Waals surface area contributed by atoms with Gasteiger partial charge < -0.3 is 19.9 Å². The van der Waals surface area contributed by atoms with Crippen LogP contribution in [0.5, 0.6) is 5.75 Å². The predicted octanol–water partition coefficient (Wildman–Crippen LogP) is 3.10. The quantitative estimate of drug-likeness (QED) is 0.652. The minimum absolute atomic E-state index is 0.0461. The molecule has 1 unspecified atom stereocenters. The lowest BCUT2D eigenvalue weighted by Gasteiger charge is -2.12. The summed E-state index contributed by atoms with van der Waals surface area (Å²) in [6.07, 6.45) is 0. The number of hydrogen-bond acceptors (Lipinski definition) is 6. The summed E-state index contributed by atoms with van der Waals surface area (Å²) in [6.45, 7) is 3.36. The molecule has 2 aromatic carbocycles. The van der Waals surface area contributed by atoms with E-state index in [1.807, 2.05) is 37.3 Å². The summed E-state index contributed by atoms with van der Waals surface area (Å²) in [4.78, 5) is 27.3. The first-order valence-electron chi connectivity index (χ1n) is 8.70. The lowest BCUT2D eigenvalue weighted by molar-refractivity contribution is -0.114. The van der Waals surface area contributed by atoms with E-state index in [-0.39, 0.29) is 30.3 Å². The highest BCUT2D eigenvalue weighted by Crippen LogP contribution is 2.17. The van der Waals surface area contributed by atoms with Gasteiger partial charge in [-0.25, -0.2) is 0 Å². The van der Waals surface area contributed by atoms with Crippen LogP contribution >= 0.6 is 0 Å². The third-order valence-electron chi connectivity index (χ3n) is 3.85. The molecule has 0 aliphatic heterocycles. The number of amides is 2. The lowest BCUT2D eigenvalue weighted by Crippen LogP contribution is -2.26. The molecule has 0 fully saturated rings. The summed E-state index contributed by atoms with van der Waals surface area (Å²) in [7, 11) is 0. The molecule has 0 aliphatic carbocycles. The van der Waals surface area contributed by atoms with Crippen LogP contribution in [-0.2, 0) is 11.4 Å². The van der Waals surface area contributed by atoms with Gasteiger partial charge in [0.05, 0.1) is 6.04 Å². The topological polar surface area (TPSA) is 106 Å². The Morgan fingerprint density at radius 1 is 1.11 bits per heavy atom. The summed E-state index contributed by atoms with van der Waals surface area (Å²) < 4.78 is 10.6. The van der Waals surface area contributed by atoms with E-state index in [1.165, 1.54) is 6.92 Å². The van der Waals surface area contributed by atoms with Gasteiger partial charge in [-0.15, -0.1) is 0 Å². The van der Waals surface area contributed by atoms with Crippen LogP contribution in [0.2, 0.25) is 0 Å². The molecule has 0 bridgehead atoms. The van der Waals surface area contributed by atoms with Gasteiger partial charge >= 0.3 is 11.8 Å². The predicted molar refractivity (Wildman–Crippen MR) is 102 cm³/mol. The fourth-order valence-corrected chi connectivity index (χ4v) is 2.47. The Kier molecular flexibility index (Phi) is 6.01. The lowest BCUT2D eigenvalue weighted by atomic mass is 10.1. The smallest absolute Gasteiger partial charge is 0.316 e. The van der Waals surface area contributed by atoms with Gasteiger partial charge in [-0.3, -0.25) is 9.59 Å². The van der Waals surface area contributed by atoms with E-state index in [1.54, 1.807) is 24.3 Å². The Bertz CT molecular complexity index is 938. The van der Waals surface area contributed by atoms with Crippen LogP contribution in [0, 0.1) is 0 Å². The molecule has 144 valence electrons. The van der Waals surface area contributed by atoms with Gasteiger partial charge in [0.15, 0.2) is 6.61 Å². The Morgan fingerprint density at radius 3 is 2.50 bits per heavy atom. The highest BCUT2D eigenvalue weighted by atomic mass is 16.5. The molecule has 0 saturated heterocycles. The SMILES string of the molecule is CC(=O)Nc1ccc(OCc2noc(C(=O)NC(C)c3ccccc3)n2)cc1. The highest BCUT2D eigenvalue weighted by Gasteiger charge is 2.18. The van der Waals surface area contributed by atoms with Crippen LogP contribution in [0.4, 0.5) is 5.69 Å². The Balaban J connectivity index is 1.53. The van der Waals surface area contributed by atoms with Crippen molar-refractivity contribution in [1.29, 1.82) is 0 Å². The number of rotatable bonds is 7. The fraction of sp³-hybridized carbons (Fsp3) is 0.200. The van der Waals surface area contributed by atoms with E-state index in [2.05, 4.69) is 20.8 Å². The number of ether oxygens (including phenoxy) is 1. The van der Waals surface area contributed by atoms with Gasteiger partial charge in [0.1, 0.15) is 5.75 Å². The van der Waals surface area contributed by atoms with E-state index < -0.39 is 5.91 Å². The van der Waals surface area contributed by atoms with Crippen molar-refractivity contribution in [3.8, 4) is 5.75 Å². The van der Waals surface area contributed by atoms with E-state index in [0.717, 1.165) is 5.56 Å². The first-order chi connectivity index (χ1) is 13.5. The Hall–Kier alpha value is -3.68. The normalized spacial score (nSPS) is 11.5. The number of carbonyl (C=O) groups is 2. The molecule has 1 atom stereocenters. The van der Waals surface area contributed by atoms with Crippen LogP contribution in [0.3, 0.4) is 0 Å². The van der Waals surface area contributed by atoms with Crippen LogP contribution in [0.25, 0.3) is 0 Å². The first kappa shape index (κ1) is 19.1. The summed E-state index contributed by atoms with van der Waals surface area (Å²) in [5.74, 6) is 0.107. The monoisotopic (exact) mass is 380 g/mol. The van der Waals surface area contributed by atoms with Gasteiger partial charge in [0.2, 0.25) is 11.7 Å². The van der Waals surface area contributed by atoms with E-state index >= 15 is 0 Å². The van der Waals surface area contributed by atoms with Crippen molar-refractivity contribution in [2.75, 3.05) is 5.32 Å². The molecule has 1 aromatic heterocycles. The van der Waals surface area contributed by atoms with E-state index in [4.69, 9.17) is 9.26 Å². The maximum Gasteiger partial charge on any atom is 0.316 e. The van der Waals surface area contributed by atoms with E-state index in [9.17, 15) is 9.59 Å². The number of carbonyl (C=O) groups excluding carboxylic acids is 2. The largest absolute Gasteiger partial charge is 0.485 e. The number of hydrogen-bond donors (Lipinski definition) is 2. The average molecular weight is 380 g/mol. The Morgan fingerprint density at radius 2 is 1.82 bits per heavy atom. The minimum Gasteiger partial charge on any atom is -0.485 e. The van der Waals surface area contributed by atoms with Crippen molar-refractivity contribution >= 4 is 17.5 Å². The van der Waals surface area contributed by atoms with Gasteiger partial charge in [-0.05, 0) is 36.8 Å². The van der Waals surface area contributed by atoms with Crippen LogP contribution in [0.15, 0.2) is 59.1 Å². The zero-order valence-electron chi connectivity index (χ0n) is 15.5. The maximum absolute atomic E-state index is 12.3. The summed E-state index contributed by atoms with van der Waals surface area (Å²) >= 11 is 0. The highest BCUT2D eigenvalue weighted by molar-refractivity contribution is 5.89. The number of nitrogens with one attached hydrogen (secondary N) is 2. The average Bonchev–Trinajstić information content (AvgIpc) is 3.17. The van der Waals surface area contributed by atoms with Crippen molar-refractivity contribution in [3.05, 3.63) is 71.9 Å². The van der Waals surface area contributed by atoms with Crippen molar-refractivity contribution in [2.45, 2.75) is 26.5 Å². The van der Waals surface area contributed by atoms with Gasteiger partial charge in [-0.2, -0.15) is 4.98 Å². The van der Waals surface area contributed by atoms with Crippen LogP contribution < -0.4 is 15.4 Å². The molecular weight excluding hydrogens is 360 g/mol. The molecular formula is C20H20N4O4. The fourth-order valence-electron chi connectivity index (χ4n) is 2.47. The van der Waals surface area contributed by atoms with Crippen molar-refractivity contribution < 1.29 is 18.8 Å². The number of anilines is 1. The van der Waals surface area contributed by atoms with E-state index in [0.29, 0.717) is 11.4 Å². The molecule has 8 nitrogen and oxygen atoms in total. The minimum atomic E-state index is -0.449. The molecule has 3 aromatic rings. The van der Waals surface area contributed by atoms with Crippen molar-refractivity contribution in [2.24, 2.45) is 0 Å². The third-order valence-corrected chi connectivity index (χ3v) is 3.85. The molecule has 0 aliphatic rings. The standard InChI is InChI=1S/C20H20N4O4/c1-13(15-6-4-3-5-7-15)21-19(26)20-23-18(24-28-20)12-27-17-10-8-16(9-11-17)22-14(2)25/h3-11,13H,12H2,1-2H3,(H,21,26)(H,22,25). The van der Waals surface area contributed by atoms with Gasteiger partial charge in [-0.1, -0.05) is 35.5 Å². The summed E-state index contributed by atoms with van der Waals surface area (Å²) in [5.41, 5.74) is 1.65. The summed E-state index contributed by atoms with van der Waals surface area (Å²) in [5, 5.41) is 9.24.